The molecule has 0 saturated carbocycles. The van der Waals surface area contributed by atoms with Gasteiger partial charge in [-0.3, -0.25) is 0 Å². The summed E-state index contributed by atoms with van der Waals surface area (Å²) in [5.41, 5.74) is 14.5. The molecule has 0 saturated heterocycles. The highest BCUT2D eigenvalue weighted by atomic mass is 14.7. The van der Waals surface area contributed by atoms with Gasteiger partial charge in [-0.2, -0.15) is 0 Å². The van der Waals surface area contributed by atoms with Crippen molar-refractivity contribution in [2.24, 2.45) is 0 Å². The van der Waals surface area contributed by atoms with Gasteiger partial charge in [-0.1, -0.05) is 126 Å². The first-order valence-electron chi connectivity index (χ1n) is 14.2. The van der Waals surface area contributed by atoms with E-state index in [9.17, 15) is 0 Å². The lowest BCUT2D eigenvalue weighted by Gasteiger charge is -2.23. The molecule has 0 fully saturated rings. The molecule has 0 aliphatic carbocycles. The molecule has 1 aromatic heterocycles. The first kappa shape index (κ1) is 26.0. The lowest BCUT2D eigenvalue weighted by Crippen LogP contribution is -2.12. The van der Waals surface area contributed by atoms with Gasteiger partial charge < -0.3 is 10.7 Å². The van der Waals surface area contributed by atoms with E-state index >= 15 is 0 Å². The van der Waals surface area contributed by atoms with Crippen LogP contribution in [-0.2, 0) is 10.8 Å². The van der Waals surface area contributed by atoms with Crippen molar-refractivity contribution in [3.63, 3.8) is 0 Å². The van der Waals surface area contributed by atoms with Crippen LogP contribution in [0.5, 0.6) is 0 Å². The molecule has 2 nitrogen and oxygen atoms in total. The normalized spacial score (nSPS) is 12.3. The van der Waals surface area contributed by atoms with Gasteiger partial charge in [-0.05, 0) is 67.3 Å². The molecule has 0 unspecified atom stereocenters. The Morgan fingerprint density at radius 3 is 1.60 bits per heavy atom. The lowest BCUT2D eigenvalue weighted by atomic mass is 9.82. The summed E-state index contributed by atoms with van der Waals surface area (Å²) in [6.07, 6.45) is 0. The Morgan fingerprint density at radius 2 is 1.00 bits per heavy atom. The zero-order chi connectivity index (χ0) is 28.2. The zero-order valence-corrected chi connectivity index (χ0v) is 24.4. The number of nitrogens with one attached hydrogen (secondary N) is 1. The van der Waals surface area contributed by atoms with Crippen molar-refractivity contribution in [1.29, 1.82) is 0 Å². The van der Waals surface area contributed by atoms with Gasteiger partial charge in [0.15, 0.2) is 0 Å². The highest BCUT2D eigenvalue weighted by Crippen LogP contribution is 2.39. The quantitative estimate of drug-likeness (QED) is 0.207. The van der Waals surface area contributed by atoms with E-state index in [-0.39, 0.29) is 10.8 Å². The van der Waals surface area contributed by atoms with Gasteiger partial charge in [0.1, 0.15) is 0 Å². The van der Waals surface area contributed by atoms with Crippen LogP contribution in [0.4, 0.5) is 5.69 Å². The number of benzene rings is 5. The van der Waals surface area contributed by atoms with Crippen LogP contribution >= 0.6 is 0 Å². The second-order valence-electron chi connectivity index (χ2n) is 13.0. The molecule has 0 aliphatic rings. The van der Waals surface area contributed by atoms with Gasteiger partial charge in [-0.25, -0.2) is 0 Å². The second kappa shape index (κ2) is 9.41. The van der Waals surface area contributed by atoms with Gasteiger partial charge >= 0.3 is 0 Å². The monoisotopic (exact) mass is 522 g/mol. The topological polar surface area (TPSA) is 41.8 Å². The van der Waals surface area contributed by atoms with E-state index in [1.54, 1.807) is 0 Å². The molecule has 0 bridgehead atoms. The van der Waals surface area contributed by atoms with E-state index in [0.717, 1.165) is 22.1 Å². The van der Waals surface area contributed by atoms with Gasteiger partial charge in [0.25, 0.3) is 0 Å². The third kappa shape index (κ3) is 4.48. The summed E-state index contributed by atoms with van der Waals surface area (Å²) in [7, 11) is 0. The minimum atomic E-state index is -0.0341. The number of fused-ring (bicyclic) bond motifs is 7. The number of aromatic amines is 1. The summed E-state index contributed by atoms with van der Waals surface area (Å²) in [5.74, 6) is 0. The van der Waals surface area contributed by atoms with Crippen molar-refractivity contribution in [3.05, 3.63) is 114 Å². The predicted molar refractivity (Wildman–Crippen MR) is 176 cm³/mol. The molecule has 0 aliphatic heterocycles. The summed E-state index contributed by atoms with van der Waals surface area (Å²) in [4.78, 5) is 3.91. The van der Waals surface area contributed by atoms with E-state index in [1.165, 1.54) is 49.2 Å². The van der Waals surface area contributed by atoms with Crippen LogP contribution in [-0.4, -0.2) is 4.98 Å². The number of H-pyrrole nitrogens is 1. The molecule has 5 aromatic carbocycles. The SMILES string of the molecule is CC(C)(C)c1cccc(-c2cc(C(C)(C)C)cc3c2[nH]c2c(N)cccc2c2ccccc2c2ccccc32)c1. The summed E-state index contributed by atoms with van der Waals surface area (Å²) in [6, 6.07) is 37.5. The van der Waals surface area contributed by atoms with Crippen molar-refractivity contribution >= 4 is 49.0 Å². The minimum absolute atomic E-state index is 0.0341. The third-order valence-electron chi connectivity index (χ3n) is 8.12. The standard InChI is InChI=1S/C38H38N2/c1-37(2,3)25-14-11-13-24(21-25)32-22-26(38(4,5)6)23-33-30-18-10-8-16-28(30)27-15-7-9-17-29(27)31-19-12-20-34(39)36(31)40-35(32)33/h7-23,40H,39H2,1-6H3. The average Bonchev–Trinajstić information content (AvgIpc) is 2.97. The number of hydrogen-bond acceptors (Lipinski definition) is 1. The fraction of sp³-hybridized carbons (Fsp3) is 0.211. The maximum absolute atomic E-state index is 6.74. The molecule has 6 rings (SSSR count). The molecule has 1 heterocycles. The van der Waals surface area contributed by atoms with Crippen LogP contribution in [0.25, 0.3) is 54.5 Å². The number of hydrogen-bond donors (Lipinski definition) is 2. The third-order valence-corrected chi connectivity index (χ3v) is 8.12. The largest absolute Gasteiger partial charge is 0.397 e. The maximum Gasteiger partial charge on any atom is 0.0698 e. The van der Waals surface area contributed by atoms with Crippen LogP contribution in [0.3, 0.4) is 0 Å². The number of aromatic nitrogens is 1. The Labute approximate surface area is 237 Å². The Kier molecular flexibility index (Phi) is 6.11. The summed E-state index contributed by atoms with van der Waals surface area (Å²) < 4.78 is 0. The zero-order valence-electron chi connectivity index (χ0n) is 24.4. The summed E-state index contributed by atoms with van der Waals surface area (Å²) >= 11 is 0. The van der Waals surface area contributed by atoms with E-state index in [0.29, 0.717) is 0 Å². The molecule has 0 amide bonds. The van der Waals surface area contributed by atoms with Gasteiger partial charge in [0.2, 0.25) is 0 Å². The molecule has 40 heavy (non-hydrogen) atoms. The summed E-state index contributed by atoms with van der Waals surface area (Å²) in [6.45, 7) is 13.7. The maximum atomic E-state index is 6.74. The molecule has 3 N–H and O–H groups in total. The fourth-order valence-corrected chi connectivity index (χ4v) is 5.77. The van der Waals surface area contributed by atoms with Crippen molar-refractivity contribution < 1.29 is 0 Å². The first-order chi connectivity index (χ1) is 19.0. The Morgan fingerprint density at radius 1 is 0.475 bits per heavy atom. The Bertz CT molecular complexity index is 1980. The van der Waals surface area contributed by atoms with E-state index in [2.05, 4.69) is 138 Å². The molecular weight excluding hydrogens is 484 g/mol. The minimum Gasteiger partial charge on any atom is -0.397 e. The smallest absolute Gasteiger partial charge is 0.0698 e. The average molecular weight is 523 g/mol. The number of nitrogens with two attached hydrogens (primary N) is 1. The molecule has 0 atom stereocenters. The molecule has 6 aromatic rings. The van der Waals surface area contributed by atoms with Gasteiger partial charge in [0, 0.05) is 16.3 Å². The molecule has 200 valence electrons. The number of para-hydroxylation sites is 1. The van der Waals surface area contributed by atoms with Crippen molar-refractivity contribution in [2.75, 3.05) is 5.73 Å². The number of rotatable bonds is 1. The molecule has 0 radical (unpaired) electrons. The van der Waals surface area contributed by atoms with Gasteiger partial charge in [0.05, 0.1) is 16.7 Å². The second-order valence-corrected chi connectivity index (χ2v) is 13.0. The van der Waals surface area contributed by atoms with Crippen molar-refractivity contribution in [2.45, 2.75) is 52.4 Å². The molecule has 2 heteroatoms. The van der Waals surface area contributed by atoms with Crippen molar-refractivity contribution in [1.82, 2.24) is 4.98 Å². The first-order valence-corrected chi connectivity index (χ1v) is 14.2. The number of nitrogen functional groups attached to an aromatic ring is 1. The molecular formula is C38H38N2. The van der Waals surface area contributed by atoms with Crippen LogP contribution in [0.15, 0.2) is 103 Å². The van der Waals surface area contributed by atoms with Crippen molar-refractivity contribution in [3.8, 4) is 11.1 Å². The highest BCUT2D eigenvalue weighted by molar-refractivity contribution is 6.21. The van der Waals surface area contributed by atoms with E-state index in [1.807, 2.05) is 12.1 Å². The van der Waals surface area contributed by atoms with Crippen LogP contribution in [0.2, 0.25) is 0 Å². The van der Waals surface area contributed by atoms with E-state index < -0.39 is 0 Å². The van der Waals surface area contributed by atoms with Crippen LogP contribution in [0, 0.1) is 0 Å². The van der Waals surface area contributed by atoms with Crippen LogP contribution < -0.4 is 5.73 Å². The Balaban J connectivity index is 1.96. The predicted octanol–water partition coefficient (Wildman–Crippen LogP) is 10.6. The lowest BCUT2D eigenvalue weighted by molar-refractivity contribution is 0.590. The highest BCUT2D eigenvalue weighted by Gasteiger charge is 2.20. The fourth-order valence-electron chi connectivity index (χ4n) is 5.77. The Hall–Kier alpha value is -4.30. The number of anilines is 1. The molecule has 0 spiro atoms. The summed E-state index contributed by atoms with van der Waals surface area (Å²) in [5, 5.41) is 7.10. The van der Waals surface area contributed by atoms with Gasteiger partial charge in [-0.15, -0.1) is 0 Å². The van der Waals surface area contributed by atoms with Crippen LogP contribution in [0.1, 0.15) is 52.7 Å². The van der Waals surface area contributed by atoms with E-state index in [4.69, 9.17) is 5.73 Å².